The van der Waals surface area contributed by atoms with Crippen LogP contribution in [0.25, 0.3) is 0 Å². The number of rotatable bonds is 6. The van der Waals surface area contributed by atoms with Gasteiger partial charge in [0.1, 0.15) is 0 Å². The maximum Gasteiger partial charge on any atom is 0.0619 e. The first-order chi connectivity index (χ1) is 6.84. The van der Waals surface area contributed by atoms with Crippen molar-refractivity contribution in [2.75, 3.05) is 53.1 Å². The predicted octanol–water partition coefficient (Wildman–Crippen LogP) is -0.0569. The molecule has 0 saturated carbocycles. The molecule has 4 nitrogen and oxygen atoms in total. The average molecular weight is 202 g/mol. The Balaban J connectivity index is 1.99. The SMILES string of the molecule is COCCNCCN1CCOCC1C. The normalized spacial score (nSPS) is 24.0. The molecule has 0 aliphatic carbocycles. The van der Waals surface area contributed by atoms with Gasteiger partial charge < -0.3 is 14.8 Å². The van der Waals surface area contributed by atoms with Gasteiger partial charge in [0.2, 0.25) is 0 Å². The molecule has 84 valence electrons. The molecule has 1 atom stereocenters. The maximum absolute atomic E-state index is 5.37. The molecule has 1 saturated heterocycles. The van der Waals surface area contributed by atoms with Gasteiger partial charge in [0.15, 0.2) is 0 Å². The fourth-order valence-corrected chi connectivity index (χ4v) is 1.62. The van der Waals surface area contributed by atoms with Crippen molar-refractivity contribution in [3.8, 4) is 0 Å². The van der Waals surface area contributed by atoms with E-state index in [1.54, 1.807) is 7.11 Å². The number of nitrogens with one attached hydrogen (secondary N) is 1. The first kappa shape index (κ1) is 11.9. The van der Waals surface area contributed by atoms with Gasteiger partial charge in [-0.3, -0.25) is 4.90 Å². The lowest BCUT2D eigenvalue weighted by atomic mass is 10.2. The molecule has 0 amide bonds. The van der Waals surface area contributed by atoms with E-state index >= 15 is 0 Å². The van der Waals surface area contributed by atoms with Crippen molar-refractivity contribution in [2.45, 2.75) is 13.0 Å². The number of nitrogens with zero attached hydrogens (tertiary/aromatic N) is 1. The molecule has 1 N–H and O–H groups in total. The second kappa shape index (κ2) is 7.17. The van der Waals surface area contributed by atoms with Crippen LogP contribution in [-0.4, -0.2) is 64.1 Å². The maximum atomic E-state index is 5.37. The highest BCUT2D eigenvalue weighted by Crippen LogP contribution is 2.04. The van der Waals surface area contributed by atoms with E-state index < -0.39 is 0 Å². The van der Waals surface area contributed by atoms with E-state index in [1.165, 1.54) is 0 Å². The van der Waals surface area contributed by atoms with E-state index in [2.05, 4.69) is 17.1 Å². The summed E-state index contributed by atoms with van der Waals surface area (Å²) in [6, 6.07) is 0.563. The van der Waals surface area contributed by atoms with Gasteiger partial charge in [-0.25, -0.2) is 0 Å². The summed E-state index contributed by atoms with van der Waals surface area (Å²) in [6.07, 6.45) is 0. The molecule has 0 radical (unpaired) electrons. The number of morpholine rings is 1. The molecule has 1 aliphatic rings. The summed E-state index contributed by atoms with van der Waals surface area (Å²) in [7, 11) is 1.73. The van der Waals surface area contributed by atoms with Gasteiger partial charge in [-0.05, 0) is 6.92 Å². The Morgan fingerprint density at radius 3 is 3.07 bits per heavy atom. The molecule has 0 spiro atoms. The zero-order valence-electron chi connectivity index (χ0n) is 9.29. The van der Waals surface area contributed by atoms with E-state index in [0.29, 0.717) is 6.04 Å². The van der Waals surface area contributed by atoms with Crippen LogP contribution in [-0.2, 0) is 9.47 Å². The van der Waals surface area contributed by atoms with Gasteiger partial charge in [-0.15, -0.1) is 0 Å². The van der Waals surface area contributed by atoms with E-state index in [9.17, 15) is 0 Å². The third-order valence-electron chi connectivity index (χ3n) is 2.56. The van der Waals surface area contributed by atoms with E-state index in [0.717, 1.165) is 46.0 Å². The molecule has 4 heteroatoms. The molecule has 1 rings (SSSR count). The molecule has 1 aliphatic heterocycles. The zero-order valence-corrected chi connectivity index (χ0v) is 9.29. The molecule has 1 heterocycles. The molecule has 1 fully saturated rings. The molecule has 0 aromatic carbocycles. The van der Waals surface area contributed by atoms with Crippen LogP contribution in [0.1, 0.15) is 6.92 Å². The lowest BCUT2D eigenvalue weighted by molar-refractivity contribution is 0.000322. The number of ether oxygens (including phenoxy) is 2. The van der Waals surface area contributed by atoms with Crippen molar-refractivity contribution in [2.24, 2.45) is 0 Å². The van der Waals surface area contributed by atoms with Crippen LogP contribution >= 0.6 is 0 Å². The van der Waals surface area contributed by atoms with Crippen LogP contribution in [0, 0.1) is 0 Å². The topological polar surface area (TPSA) is 33.7 Å². The minimum atomic E-state index is 0.563. The highest BCUT2D eigenvalue weighted by Gasteiger charge is 2.17. The Bertz CT molecular complexity index is 144. The summed E-state index contributed by atoms with van der Waals surface area (Å²) in [6.45, 7) is 8.90. The van der Waals surface area contributed by atoms with E-state index in [1.807, 2.05) is 0 Å². The summed E-state index contributed by atoms with van der Waals surface area (Å²) in [5.74, 6) is 0. The van der Waals surface area contributed by atoms with Crippen LogP contribution in [0.5, 0.6) is 0 Å². The highest BCUT2D eigenvalue weighted by molar-refractivity contribution is 4.71. The Labute approximate surface area is 86.6 Å². The first-order valence-electron chi connectivity index (χ1n) is 5.36. The van der Waals surface area contributed by atoms with Gasteiger partial charge in [0.05, 0.1) is 19.8 Å². The summed E-state index contributed by atoms with van der Waals surface area (Å²) in [4.78, 5) is 2.46. The highest BCUT2D eigenvalue weighted by atomic mass is 16.5. The van der Waals surface area contributed by atoms with Crippen molar-refractivity contribution in [3.63, 3.8) is 0 Å². The van der Waals surface area contributed by atoms with E-state index in [-0.39, 0.29) is 0 Å². The number of methoxy groups -OCH3 is 1. The van der Waals surface area contributed by atoms with Crippen molar-refractivity contribution in [1.29, 1.82) is 0 Å². The Kier molecular flexibility index (Phi) is 6.10. The monoisotopic (exact) mass is 202 g/mol. The van der Waals surface area contributed by atoms with Gasteiger partial charge in [-0.2, -0.15) is 0 Å². The summed E-state index contributed by atoms with van der Waals surface area (Å²) < 4.78 is 10.3. The molecule has 1 unspecified atom stereocenters. The van der Waals surface area contributed by atoms with Crippen LogP contribution < -0.4 is 5.32 Å². The lowest BCUT2D eigenvalue weighted by Gasteiger charge is -2.33. The van der Waals surface area contributed by atoms with Crippen LogP contribution in [0.15, 0.2) is 0 Å². The number of hydrogen-bond donors (Lipinski definition) is 1. The van der Waals surface area contributed by atoms with Crippen molar-refractivity contribution < 1.29 is 9.47 Å². The fraction of sp³-hybridized carbons (Fsp3) is 1.00. The standard InChI is InChI=1S/C10H22N2O2/c1-10-9-14-8-6-12(10)5-3-11-4-7-13-2/h10-11H,3-9H2,1-2H3. The van der Waals surface area contributed by atoms with E-state index in [4.69, 9.17) is 9.47 Å². The Morgan fingerprint density at radius 2 is 2.36 bits per heavy atom. The molecule has 0 aromatic heterocycles. The first-order valence-corrected chi connectivity index (χ1v) is 5.36. The molecule has 0 aromatic rings. The molecular formula is C10H22N2O2. The minimum Gasteiger partial charge on any atom is -0.383 e. The van der Waals surface area contributed by atoms with Crippen LogP contribution in [0.4, 0.5) is 0 Å². The second-order valence-electron chi connectivity index (χ2n) is 3.70. The fourth-order valence-electron chi connectivity index (χ4n) is 1.62. The molecule has 14 heavy (non-hydrogen) atoms. The van der Waals surface area contributed by atoms with Gasteiger partial charge in [0, 0.05) is 39.3 Å². The largest absolute Gasteiger partial charge is 0.383 e. The third-order valence-corrected chi connectivity index (χ3v) is 2.56. The molecule has 0 bridgehead atoms. The van der Waals surface area contributed by atoms with Crippen molar-refractivity contribution in [1.82, 2.24) is 10.2 Å². The Hall–Kier alpha value is -0.160. The van der Waals surface area contributed by atoms with Crippen LogP contribution in [0.2, 0.25) is 0 Å². The predicted molar refractivity (Wildman–Crippen MR) is 56.6 cm³/mol. The third kappa shape index (κ3) is 4.37. The molecular weight excluding hydrogens is 180 g/mol. The zero-order chi connectivity index (χ0) is 10.2. The van der Waals surface area contributed by atoms with Crippen molar-refractivity contribution in [3.05, 3.63) is 0 Å². The van der Waals surface area contributed by atoms with Gasteiger partial charge in [0.25, 0.3) is 0 Å². The Morgan fingerprint density at radius 1 is 1.50 bits per heavy atom. The quantitative estimate of drug-likeness (QED) is 0.612. The second-order valence-corrected chi connectivity index (χ2v) is 3.70. The van der Waals surface area contributed by atoms with Gasteiger partial charge >= 0.3 is 0 Å². The average Bonchev–Trinajstić information content (AvgIpc) is 2.20. The van der Waals surface area contributed by atoms with Crippen LogP contribution in [0.3, 0.4) is 0 Å². The lowest BCUT2D eigenvalue weighted by Crippen LogP contribution is -2.46. The minimum absolute atomic E-state index is 0.563. The van der Waals surface area contributed by atoms with Crippen molar-refractivity contribution >= 4 is 0 Å². The van der Waals surface area contributed by atoms with Gasteiger partial charge in [-0.1, -0.05) is 0 Å². The summed E-state index contributed by atoms with van der Waals surface area (Å²) >= 11 is 0. The summed E-state index contributed by atoms with van der Waals surface area (Å²) in [5, 5.41) is 3.35. The summed E-state index contributed by atoms with van der Waals surface area (Å²) in [5.41, 5.74) is 0. The number of hydrogen-bond acceptors (Lipinski definition) is 4. The smallest absolute Gasteiger partial charge is 0.0619 e.